The lowest BCUT2D eigenvalue weighted by atomic mass is 9.83. The highest BCUT2D eigenvalue weighted by molar-refractivity contribution is 6.05. The third-order valence-electron chi connectivity index (χ3n) is 5.75. The second kappa shape index (κ2) is 7.00. The second-order valence-electron chi connectivity index (χ2n) is 7.30. The molecule has 2 atom stereocenters. The number of nitrogens with one attached hydrogen (secondary N) is 2. The van der Waals surface area contributed by atoms with Crippen LogP contribution in [0.2, 0.25) is 0 Å². The zero-order valence-corrected chi connectivity index (χ0v) is 14.5. The Labute approximate surface area is 147 Å². The highest BCUT2D eigenvalue weighted by Crippen LogP contribution is 2.30. The van der Waals surface area contributed by atoms with Gasteiger partial charge in [0, 0.05) is 29.6 Å². The van der Waals surface area contributed by atoms with Gasteiger partial charge in [-0.1, -0.05) is 24.6 Å². The predicted octanol–water partition coefficient (Wildman–Crippen LogP) is 2.52. The van der Waals surface area contributed by atoms with Crippen LogP contribution >= 0.6 is 0 Å². The first kappa shape index (κ1) is 16.3. The van der Waals surface area contributed by atoms with E-state index in [-0.39, 0.29) is 11.5 Å². The van der Waals surface area contributed by atoms with Crippen LogP contribution in [0.4, 0.5) is 0 Å². The first-order valence-corrected chi connectivity index (χ1v) is 9.37. The smallest absolute Gasteiger partial charge is 0.252 e. The summed E-state index contributed by atoms with van der Waals surface area (Å²) < 4.78 is 0. The number of fused-ring (bicyclic) bond motifs is 2. The molecule has 5 heteroatoms. The average Bonchev–Trinajstić information content (AvgIpc) is 2.65. The Bertz CT molecular complexity index is 827. The molecule has 2 aromatic rings. The molecule has 0 aliphatic carbocycles. The molecule has 0 spiro atoms. The highest BCUT2D eigenvalue weighted by atomic mass is 16.2. The number of nitrogens with zero attached hydrogens (tertiary/aromatic N) is 1. The zero-order valence-electron chi connectivity index (χ0n) is 14.5. The number of hydrogen-bond donors (Lipinski definition) is 2. The molecule has 0 bridgehead atoms. The van der Waals surface area contributed by atoms with Gasteiger partial charge in [-0.05, 0) is 50.8 Å². The largest absolute Gasteiger partial charge is 0.352 e. The van der Waals surface area contributed by atoms with Gasteiger partial charge in [0.25, 0.3) is 5.91 Å². The molecule has 3 heterocycles. The molecule has 5 nitrogen and oxygen atoms in total. The minimum absolute atomic E-state index is 0.143. The van der Waals surface area contributed by atoms with E-state index >= 15 is 0 Å². The summed E-state index contributed by atoms with van der Waals surface area (Å²) >= 11 is 0. The van der Waals surface area contributed by atoms with E-state index in [9.17, 15) is 9.59 Å². The Morgan fingerprint density at radius 1 is 1.16 bits per heavy atom. The van der Waals surface area contributed by atoms with Gasteiger partial charge in [0.1, 0.15) is 0 Å². The Morgan fingerprint density at radius 3 is 2.92 bits per heavy atom. The number of hydrogen-bond acceptors (Lipinski definition) is 3. The van der Waals surface area contributed by atoms with E-state index in [2.05, 4.69) is 15.2 Å². The maximum Gasteiger partial charge on any atom is 0.252 e. The van der Waals surface area contributed by atoms with Crippen LogP contribution in [0.5, 0.6) is 0 Å². The van der Waals surface area contributed by atoms with Crippen LogP contribution in [-0.2, 0) is 0 Å². The molecule has 1 amide bonds. The van der Waals surface area contributed by atoms with Crippen molar-refractivity contribution in [2.24, 2.45) is 5.92 Å². The van der Waals surface area contributed by atoms with Gasteiger partial charge in [0.05, 0.1) is 5.56 Å². The van der Waals surface area contributed by atoms with Crippen molar-refractivity contribution in [3.63, 3.8) is 0 Å². The third kappa shape index (κ3) is 3.33. The number of amides is 1. The van der Waals surface area contributed by atoms with Crippen LogP contribution < -0.4 is 10.9 Å². The molecule has 2 aliphatic heterocycles. The lowest BCUT2D eigenvalue weighted by molar-refractivity contribution is 0.0576. The molecule has 0 radical (unpaired) electrons. The molecule has 2 saturated heterocycles. The zero-order chi connectivity index (χ0) is 17.2. The van der Waals surface area contributed by atoms with Gasteiger partial charge in [-0.15, -0.1) is 0 Å². The summed E-state index contributed by atoms with van der Waals surface area (Å²) in [6, 6.07) is 9.47. The molecule has 2 N–H and O–H groups in total. The molecule has 132 valence electrons. The van der Waals surface area contributed by atoms with Gasteiger partial charge in [-0.25, -0.2) is 0 Å². The number of para-hydroxylation sites is 1. The Hall–Kier alpha value is -2.14. The van der Waals surface area contributed by atoms with Crippen molar-refractivity contribution < 1.29 is 4.79 Å². The van der Waals surface area contributed by atoms with Crippen LogP contribution in [0.1, 0.15) is 42.5 Å². The number of pyridine rings is 1. The molecule has 1 aromatic heterocycles. The van der Waals surface area contributed by atoms with Crippen molar-refractivity contribution in [1.29, 1.82) is 0 Å². The maximum absolute atomic E-state index is 12.7. The minimum Gasteiger partial charge on any atom is -0.352 e. The van der Waals surface area contributed by atoms with E-state index in [4.69, 9.17) is 0 Å². The first-order chi connectivity index (χ1) is 12.2. The molecule has 1 unspecified atom stereocenters. The van der Waals surface area contributed by atoms with Gasteiger partial charge in [-0.3, -0.25) is 9.59 Å². The van der Waals surface area contributed by atoms with Crippen LogP contribution in [0, 0.1) is 5.92 Å². The standard InChI is InChI=1S/C20H25N3O2/c24-19-12-16(15-7-1-2-8-17(15)22-19)20(25)21-13-14-6-5-11-23-10-4-3-9-18(14)23/h1-2,7-8,12,14,18H,3-6,9-11,13H2,(H,21,25)(H,22,24)/t14?,18-/m1/s1. The van der Waals surface area contributed by atoms with Gasteiger partial charge >= 0.3 is 0 Å². The molecular weight excluding hydrogens is 314 g/mol. The van der Waals surface area contributed by atoms with E-state index in [1.165, 1.54) is 51.3 Å². The monoisotopic (exact) mass is 339 g/mol. The summed E-state index contributed by atoms with van der Waals surface area (Å²) in [7, 11) is 0. The lowest BCUT2D eigenvalue weighted by Gasteiger charge is -2.44. The summed E-state index contributed by atoms with van der Waals surface area (Å²) in [6.45, 7) is 3.10. The van der Waals surface area contributed by atoms with E-state index < -0.39 is 0 Å². The minimum atomic E-state index is -0.236. The highest BCUT2D eigenvalue weighted by Gasteiger charge is 2.33. The number of H-pyrrole nitrogens is 1. The number of piperidine rings is 2. The fourth-order valence-electron chi connectivity index (χ4n) is 4.53. The first-order valence-electron chi connectivity index (χ1n) is 9.37. The molecule has 2 aliphatic rings. The number of aromatic nitrogens is 1. The van der Waals surface area contributed by atoms with Gasteiger partial charge in [0.15, 0.2) is 0 Å². The average molecular weight is 339 g/mol. The summed E-state index contributed by atoms with van der Waals surface area (Å²) in [6.07, 6.45) is 6.23. The van der Waals surface area contributed by atoms with E-state index in [0.717, 1.165) is 5.39 Å². The second-order valence-corrected chi connectivity index (χ2v) is 7.30. The normalized spacial score (nSPS) is 24.0. The summed E-state index contributed by atoms with van der Waals surface area (Å²) in [5, 5.41) is 3.90. The van der Waals surface area contributed by atoms with Crippen LogP contribution in [0.25, 0.3) is 10.9 Å². The Kier molecular flexibility index (Phi) is 4.57. The van der Waals surface area contributed by atoms with Crippen molar-refractivity contribution in [2.75, 3.05) is 19.6 Å². The van der Waals surface area contributed by atoms with E-state index in [0.29, 0.717) is 29.6 Å². The molecule has 2 fully saturated rings. The van der Waals surface area contributed by atoms with Crippen molar-refractivity contribution in [1.82, 2.24) is 15.2 Å². The molecule has 4 rings (SSSR count). The fourth-order valence-corrected chi connectivity index (χ4v) is 4.53. The SMILES string of the molecule is O=C(NCC1CCCN2CCCC[C@H]12)c1cc(=O)[nH]c2ccccc12. The van der Waals surface area contributed by atoms with Gasteiger partial charge in [-0.2, -0.15) is 0 Å². The predicted molar refractivity (Wildman–Crippen MR) is 98.8 cm³/mol. The Morgan fingerprint density at radius 2 is 2.00 bits per heavy atom. The van der Waals surface area contributed by atoms with Crippen molar-refractivity contribution >= 4 is 16.8 Å². The molecular formula is C20H25N3O2. The summed E-state index contributed by atoms with van der Waals surface area (Å²) in [5.41, 5.74) is 0.937. The van der Waals surface area contributed by atoms with Crippen molar-refractivity contribution in [3.05, 3.63) is 46.2 Å². The fraction of sp³-hybridized carbons (Fsp3) is 0.500. The number of carbonyl (C=O) groups is 1. The molecule has 25 heavy (non-hydrogen) atoms. The quantitative estimate of drug-likeness (QED) is 0.903. The lowest BCUT2D eigenvalue weighted by Crippen LogP contribution is -2.51. The summed E-state index contributed by atoms with van der Waals surface area (Å²) in [4.78, 5) is 30.0. The van der Waals surface area contributed by atoms with Crippen LogP contribution in [0.15, 0.2) is 35.1 Å². The number of carbonyl (C=O) groups excluding carboxylic acids is 1. The third-order valence-corrected chi connectivity index (χ3v) is 5.75. The Balaban J connectivity index is 1.50. The maximum atomic E-state index is 12.7. The van der Waals surface area contributed by atoms with Crippen molar-refractivity contribution in [2.45, 2.75) is 38.1 Å². The van der Waals surface area contributed by atoms with E-state index in [1.807, 2.05) is 24.3 Å². The van der Waals surface area contributed by atoms with Gasteiger partial charge < -0.3 is 15.2 Å². The molecule has 1 aromatic carbocycles. The number of aromatic amines is 1. The van der Waals surface area contributed by atoms with Gasteiger partial charge in [0.2, 0.25) is 5.56 Å². The number of benzene rings is 1. The number of rotatable bonds is 3. The topological polar surface area (TPSA) is 65.2 Å². The molecule has 0 saturated carbocycles. The van der Waals surface area contributed by atoms with Crippen LogP contribution in [-0.4, -0.2) is 41.5 Å². The van der Waals surface area contributed by atoms with E-state index in [1.54, 1.807) is 0 Å². The van der Waals surface area contributed by atoms with Crippen molar-refractivity contribution in [3.8, 4) is 0 Å². The van der Waals surface area contributed by atoms with Crippen LogP contribution in [0.3, 0.4) is 0 Å². The summed E-state index contributed by atoms with van der Waals surface area (Å²) in [5.74, 6) is 0.376.